The third-order valence-electron chi connectivity index (χ3n) is 5.29. The molecule has 7 nitrogen and oxygen atoms in total. The van der Waals surface area contributed by atoms with E-state index >= 15 is 0 Å². The molecule has 0 aliphatic carbocycles. The van der Waals surface area contributed by atoms with Gasteiger partial charge in [0.1, 0.15) is 30.6 Å². The van der Waals surface area contributed by atoms with Crippen LogP contribution in [0.4, 0.5) is 23.7 Å². The van der Waals surface area contributed by atoms with E-state index < -0.39 is 41.0 Å². The first-order chi connectivity index (χ1) is 18.2. The van der Waals surface area contributed by atoms with Crippen molar-refractivity contribution < 1.29 is 37.0 Å². The molecule has 0 atom stereocenters. The summed E-state index contributed by atoms with van der Waals surface area (Å²) in [5.74, 6) is -2.99. The van der Waals surface area contributed by atoms with Crippen LogP contribution in [0.1, 0.15) is 18.1 Å². The lowest BCUT2D eigenvalue weighted by Gasteiger charge is -2.13. The van der Waals surface area contributed by atoms with E-state index in [-0.39, 0.29) is 17.2 Å². The maximum absolute atomic E-state index is 13.9. The molecular formula is C27H21F3N2O5S. The molecule has 4 rings (SSSR count). The van der Waals surface area contributed by atoms with Gasteiger partial charge < -0.3 is 14.8 Å². The highest BCUT2D eigenvalue weighted by molar-refractivity contribution is 8.18. The fraction of sp³-hybridized carbons (Fsp3) is 0.148. The summed E-state index contributed by atoms with van der Waals surface area (Å²) in [6.07, 6.45) is 1.46. The maximum atomic E-state index is 13.9. The lowest BCUT2D eigenvalue weighted by molar-refractivity contribution is -0.127. The van der Waals surface area contributed by atoms with Gasteiger partial charge in [0.2, 0.25) is 5.91 Å². The number of carbonyl (C=O) groups excluding carboxylic acids is 3. The van der Waals surface area contributed by atoms with E-state index in [0.717, 1.165) is 17.0 Å². The van der Waals surface area contributed by atoms with Crippen LogP contribution >= 0.6 is 11.8 Å². The van der Waals surface area contributed by atoms with Gasteiger partial charge in [0.15, 0.2) is 11.5 Å². The third-order valence-corrected chi connectivity index (χ3v) is 6.19. The summed E-state index contributed by atoms with van der Waals surface area (Å²) in [6, 6.07) is 13.7. The van der Waals surface area contributed by atoms with E-state index in [1.165, 1.54) is 12.1 Å². The molecule has 1 aliphatic rings. The number of hydrogen-bond donors (Lipinski definition) is 1. The molecule has 196 valence electrons. The summed E-state index contributed by atoms with van der Waals surface area (Å²) in [5.41, 5.74) is 0.619. The zero-order valence-electron chi connectivity index (χ0n) is 20.0. The van der Waals surface area contributed by atoms with E-state index in [2.05, 4.69) is 5.32 Å². The molecule has 1 aliphatic heterocycles. The molecule has 0 saturated carbocycles. The standard InChI is InChI=1S/C27H21F3N2O5S/c1-2-36-23-11-16(7-10-22(23)37-15-17-5-3-4-6-19(17)29)12-24-26(34)32(27(35)38-24)14-25(33)31-21-9-8-18(28)13-20(21)30/h3-13H,2,14-15H2,1H3,(H,31,33)/b24-12+. The van der Waals surface area contributed by atoms with Crippen molar-refractivity contribution >= 4 is 40.6 Å². The van der Waals surface area contributed by atoms with Gasteiger partial charge in [-0.1, -0.05) is 24.3 Å². The quantitative estimate of drug-likeness (QED) is 0.347. The molecule has 3 aromatic rings. The number of hydrogen-bond acceptors (Lipinski definition) is 6. The average Bonchev–Trinajstić information content (AvgIpc) is 3.13. The van der Waals surface area contributed by atoms with Crippen LogP contribution in [0.2, 0.25) is 0 Å². The molecule has 11 heteroatoms. The highest BCUT2D eigenvalue weighted by Gasteiger charge is 2.36. The van der Waals surface area contributed by atoms with E-state index in [1.807, 2.05) is 0 Å². The Bertz CT molecular complexity index is 1430. The first-order valence-corrected chi connectivity index (χ1v) is 12.2. The predicted molar refractivity (Wildman–Crippen MR) is 136 cm³/mol. The first kappa shape index (κ1) is 26.8. The van der Waals surface area contributed by atoms with E-state index in [0.29, 0.717) is 47.1 Å². The number of imide groups is 1. The predicted octanol–water partition coefficient (Wildman–Crippen LogP) is 5.76. The molecule has 3 amide bonds. The third kappa shape index (κ3) is 6.35. The lowest BCUT2D eigenvalue weighted by Crippen LogP contribution is -2.36. The number of rotatable bonds is 9. The number of amides is 3. The van der Waals surface area contributed by atoms with Crippen molar-refractivity contribution in [2.24, 2.45) is 0 Å². The van der Waals surface area contributed by atoms with Crippen molar-refractivity contribution in [1.29, 1.82) is 0 Å². The van der Waals surface area contributed by atoms with Gasteiger partial charge in [-0.2, -0.15) is 0 Å². The summed E-state index contributed by atoms with van der Waals surface area (Å²) >= 11 is 0.644. The minimum Gasteiger partial charge on any atom is -0.490 e. The summed E-state index contributed by atoms with van der Waals surface area (Å²) in [7, 11) is 0. The van der Waals surface area contributed by atoms with Gasteiger partial charge in [0.05, 0.1) is 17.2 Å². The van der Waals surface area contributed by atoms with Gasteiger partial charge in [-0.15, -0.1) is 0 Å². The van der Waals surface area contributed by atoms with Crippen molar-refractivity contribution in [2.45, 2.75) is 13.5 Å². The number of nitrogens with one attached hydrogen (secondary N) is 1. The molecule has 0 aromatic heterocycles. The number of nitrogens with zero attached hydrogens (tertiary/aromatic N) is 1. The number of carbonyl (C=O) groups is 3. The molecule has 1 N–H and O–H groups in total. The van der Waals surface area contributed by atoms with Crippen LogP contribution in [-0.4, -0.2) is 35.1 Å². The topological polar surface area (TPSA) is 84.9 Å². The number of anilines is 1. The second-order valence-corrected chi connectivity index (χ2v) is 8.95. The van der Waals surface area contributed by atoms with Crippen LogP contribution in [0.15, 0.2) is 65.6 Å². The van der Waals surface area contributed by atoms with E-state index in [4.69, 9.17) is 9.47 Å². The Morgan fingerprint density at radius 2 is 1.76 bits per heavy atom. The molecule has 0 bridgehead atoms. The largest absolute Gasteiger partial charge is 0.490 e. The number of benzene rings is 3. The molecule has 0 radical (unpaired) electrons. The highest BCUT2D eigenvalue weighted by Crippen LogP contribution is 2.35. The minimum absolute atomic E-state index is 0.0190. The van der Waals surface area contributed by atoms with Gasteiger partial charge in [-0.3, -0.25) is 19.3 Å². The Labute approximate surface area is 220 Å². The Morgan fingerprint density at radius 1 is 0.974 bits per heavy atom. The van der Waals surface area contributed by atoms with E-state index in [1.54, 1.807) is 43.3 Å². The maximum Gasteiger partial charge on any atom is 0.294 e. The van der Waals surface area contributed by atoms with Gasteiger partial charge in [0.25, 0.3) is 11.1 Å². The molecule has 1 fully saturated rings. The summed E-state index contributed by atoms with van der Waals surface area (Å²) in [4.78, 5) is 38.3. The van der Waals surface area contributed by atoms with Crippen LogP contribution in [0.5, 0.6) is 11.5 Å². The van der Waals surface area contributed by atoms with Gasteiger partial charge >= 0.3 is 0 Å². The zero-order chi connectivity index (χ0) is 27.2. The van der Waals surface area contributed by atoms with Crippen molar-refractivity contribution in [1.82, 2.24) is 4.90 Å². The molecule has 3 aromatic carbocycles. The first-order valence-electron chi connectivity index (χ1n) is 11.4. The molecule has 0 unspecified atom stereocenters. The van der Waals surface area contributed by atoms with Crippen LogP contribution in [0.25, 0.3) is 6.08 Å². The molecule has 1 heterocycles. The van der Waals surface area contributed by atoms with Crippen LogP contribution < -0.4 is 14.8 Å². The molecule has 0 spiro atoms. The number of halogens is 3. The average molecular weight is 543 g/mol. The molecular weight excluding hydrogens is 521 g/mol. The monoisotopic (exact) mass is 542 g/mol. The van der Waals surface area contributed by atoms with Crippen molar-refractivity contribution in [3.05, 3.63) is 94.1 Å². The smallest absolute Gasteiger partial charge is 0.294 e. The highest BCUT2D eigenvalue weighted by atomic mass is 32.2. The Balaban J connectivity index is 1.45. The molecule has 38 heavy (non-hydrogen) atoms. The Hall–Kier alpha value is -4.25. The molecule has 1 saturated heterocycles. The Morgan fingerprint density at radius 3 is 2.50 bits per heavy atom. The Kier molecular flexibility index (Phi) is 8.37. The van der Waals surface area contributed by atoms with Gasteiger partial charge in [0, 0.05) is 11.6 Å². The normalized spacial score (nSPS) is 14.2. The summed E-state index contributed by atoms with van der Waals surface area (Å²) in [5, 5.41) is 1.54. The number of thioether (sulfide) groups is 1. The second-order valence-electron chi connectivity index (χ2n) is 7.96. The van der Waals surface area contributed by atoms with Crippen LogP contribution in [0, 0.1) is 17.5 Å². The zero-order valence-corrected chi connectivity index (χ0v) is 20.8. The number of ether oxygens (including phenoxy) is 2. The van der Waals surface area contributed by atoms with Crippen molar-refractivity contribution in [3.63, 3.8) is 0 Å². The van der Waals surface area contributed by atoms with Crippen molar-refractivity contribution in [2.75, 3.05) is 18.5 Å². The van der Waals surface area contributed by atoms with Crippen molar-refractivity contribution in [3.8, 4) is 11.5 Å². The lowest BCUT2D eigenvalue weighted by atomic mass is 10.1. The fourth-order valence-electron chi connectivity index (χ4n) is 3.48. The SMILES string of the molecule is CCOc1cc(/C=C2/SC(=O)N(CC(=O)Nc3ccc(F)cc3F)C2=O)ccc1OCc1ccccc1F. The minimum atomic E-state index is -0.987. The van der Waals surface area contributed by atoms with Crippen LogP contribution in [-0.2, 0) is 16.2 Å². The second kappa shape index (κ2) is 11.9. The van der Waals surface area contributed by atoms with E-state index in [9.17, 15) is 27.6 Å². The van der Waals surface area contributed by atoms with Gasteiger partial charge in [-0.05, 0) is 60.7 Å². The summed E-state index contributed by atoms with van der Waals surface area (Å²) in [6.45, 7) is 1.43. The fourth-order valence-corrected chi connectivity index (χ4v) is 4.32. The van der Waals surface area contributed by atoms with Gasteiger partial charge in [-0.25, -0.2) is 13.2 Å². The van der Waals surface area contributed by atoms with Crippen LogP contribution in [0.3, 0.4) is 0 Å². The summed E-state index contributed by atoms with van der Waals surface area (Å²) < 4.78 is 52.1.